The molecule has 1 aliphatic rings. The van der Waals surface area contributed by atoms with Crippen LogP contribution in [0.15, 0.2) is 18.2 Å². The molecule has 0 radical (unpaired) electrons. The van der Waals surface area contributed by atoms with Crippen LogP contribution in [-0.2, 0) is 19.2 Å². The zero-order chi connectivity index (χ0) is 11.1. The Morgan fingerprint density at radius 3 is 2.87 bits per heavy atom. The summed E-state index contributed by atoms with van der Waals surface area (Å²) >= 11 is 1.49. The van der Waals surface area contributed by atoms with Gasteiger partial charge >= 0.3 is 0 Å². The van der Waals surface area contributed by atoms with Crippen molar-refractivity contribution in [3.63, 3.8) is 0 Å². The van der Waals surface area contributed by atoms with Gasteiger partial charge in [-0.3, -0.25) is 0 Å². The molecule has 1 aromatic rings. The zero-order valence-electron chi connectivity index (χ0n) is 8.40. The Bertz CT molecular complexity index is 484. The van der Waals surface area contributed by atoms with Crippen molar-refractivity contribution in [2.75, 3.05) is 18.5 Å². The lowest BCUT2D eigenvalue weighted by Crippen LogP contribution is -2.12. The third-order valence-corrected chi connectivity index (χ3v) is 4.23. The van der Waals surface area contributed by atoms with Crippen LogP contribution in [0.1, 0.15) is 11.1 Å². The SMILES string of the molecule is CN1CCc2ccc(CS(=O)(=O)I)cc21. The summed E-state index contributed by atoms with van der Waals surface area (Å²) in [6.07, 6.45) is 1.06. The highest BCUT2D eigenvalue weighted by molar-refractivity contribution is 14.2. The molecule has 0 saturated carbocycles. The minimum absolute atomic E-state index is 0.120. The summed E-state index contributed by atoms with van der Waals surface area (Å²) in [6.45, 7) is 1.02. The maximum atomic E-state index is 11.2. The van der Waals surface area contributed by atoms with Crippen molar-refractivity contribution in [3.8, 4) is 0 Å². The molecule has 3 nitrogen and oxygen atoms in total. The summed E-state index contributed by atoms with van der Waals surface area (Å²) in [7, 11) is -0.925. The number of anilines is 1. The molecular formula is C10H12INO2S. The standard InChI is InChI=1S/C10H12INO2S/c1-12-5-4-9-3-2-8(6-10(9)12)7-15(11,13)14/h2-3,6H,4-5,7H2,1H3. The number of likely N-dealkylation sites (N-methyl/N-ethyl adjacent to an activating group) is 1. The van der Waals surface area contributed by atoms with Crippen LogP contribution in [0.4, 0.5) is 5.69 Å². The fourth-order valence-corrected chi connectivity index (χ4v) is 3.53. The molecule has 15 heavy (non-hydrogen) atoms. The number of hydrogen-bond donors (Lipinski definition) is 0. The largest absolute Gasteiger partial charge is 0.374 e. The fraction of sp³-hybridized carbons (Fsp3) is 0.400. The van der Waals surface area contributed by atoms with Crippen molar-refractivity contribution in [2.45, 2.75) is 12.2 Å². The Morgan fingerprint density at radius 1 is 1.47 bits per heavy atom. The van der Waals surface area contributed by atoms with Gasteiger partial charge in [0.05, 0.1) is 27.0 Å². The highest BCUT2D eigenvalue weighted by Crippen LogP contribution is 2.28. The van der Waals surface area contributed by atoms with Crippen LogP contribution < -0.4 is 4.90 Å². The van der Waals surface area contributed by atoms with Gasteiger partial charge < -0.3 is 4.90 Å². The number of nitrogens with zero attached hydrogens (tertiary/aromatic N) is 1. The topological polar surface area (TPSA) is 37.4 Å². The minimum Gasteiger partial charge on any atom is -0.374 e. The molecule has 0 bridgehead atoms. The molecular weight excluding hydrogens is 325 g/mol. The summed E-state index contributed by atoms with van der Waals surface area (Å²) in [5.41, 5.74) is 3.36. The molecule has 1 aliphatic heterocycles. The number of halogens is 1. The summed E-state index contributed by atoms with van der Waals surface area (Å²) < 4.78 is 22.3. The van der Waals surface area contributed by atoms with Crippen LogP contribution in [-0.4, -0.2) is 22.0 Å². The van der Waals surface area contributed by atoms with Gasteiger partial charge in [0.2, 0.25) is 7.01 Å². The third kappa shape index (κ3) is 2.63. The Balaban J connectivity index is 2.33. The number of benzene rings is 1. The molecule has 0 saturated heterocycles. The molecule has 0 spiro atoms. The normalized spacial score (nSPS) is 15.5. The fourth-order valence-electron chi connectivity index (χ4n) is 1.87. The van der Waals surface area contributed by atoms with Gasteiger partial charge in [-0.05, 0) is 23.6 Å². The average molecular weight is 337 g/mol. The van der Waals surface area contributed by atoms with E-state index in [1.165, 1.54) is 32.5 Å². The van der Waals surface area contributed by atoms with Gasteiger partial charge in [-0.15, -0.1) is 0 Å². The van der Waals surface area contributed by atoms with Gasteiger partial charge in [0, 0.05) is 19.3 Å². The second-order valence-corrected chi connectivity index (χ2v) is 9.21. The van der Waals surface area contributed by atoms with Gasteiger partial charge in [0.15, 0.2) is 0 Å². The first kappa shape index (κ1) is 11.2. The average Bonchev–Trinajstić information content (AvgIpc) is 2.45. The predicted octanol–water partition coefficient (Wildman–Crippen LogP) is 1.94. The van der Waals surface area contributed by atoms with Crippen LogP contribution in [0, 0.1) is 0 Å². The molecule has 2 rings (SSSR count). The molecule has 0 fully saturated rings. The van der Waals surface area contributed by atoms with Crippen molar-refractivity contribution in [1.82, 2.24) is 0 Å². The monoisotopic (exact) mass is 337 g/mol. The lowest BCUT2D eigenvalue weighted by molar-refractivity contribution is 0.612. The van der Waals surface area contributed by atoms with Crippen LogP contribution in [0.5, 0.6) is 0 Å². The van der Waals surface area contributed by atoms with Gasteiger partial charge in [-0.25, -0.2) is 8.42 Å². The molecule has 5 heteroatoms. The lowest BCUT2D eigenvalue weighted by Gasteiger charge is -2.12. The van der Waals surface area contributed by atoms with E-state index in [0.29, 0.717) is 0 Å². The highest BCUT2D eigenvalue weighted by Gasteiger charge is 2.16. The van der Waals surface area contributed by atoms with Crippen molar-refractivity contribution >= 4 is 33.9 Å². The molecule has 0 amide bonds. The first-order chi connectivity index (χ1) is 6.96. The van der Waals surface area contributed by atoms with E-state index in [-0.39, 0.29) is 5.75 Å². The molecule has 0 aromatic heterocycles. The predicted molar refractivity (Wildman–Crippen MR) is 70.1 cm³/mol. The summed E-state index contributed by atoms with van der Waals surface area (Å²) in [6, 6.07) is 5.93. The summed E-state index contributed by atoms with van der Waals surface area (Å²) in [5, 5.41) is 0. The van der Waals surface area contributed by atoms with E-state index >= 15 is 0 Å². The van der Waals surface area contributed by atoms with Crippen LogP contribution in [0.2, 0.25) is 0 Å². The minimum atomic E-state index is -2.96. The van der Waals surface area contributed by atoms with Crippen LogP contribution >= 0.6 is 21.2 Å². The van der Waals surface area contributed by atoms with Crippen molar-refractivity contribution < 1.29 is 8.42 Å². The van der Waals surface area contributed by atoms with Gasteiger partial charge in [0.1, 0.15) is 0 Å². The van der Waals surface area contributed by atoms with Gasteiger partial charge in [-0.2, -0.15) is 0 Å². The van der Waals surface area contributed by atoms with Gasteiger partial charge in [-0.1, -0.05) is 12.1 Å². The lowest BCUT2D eigenvalue weighted by atomic mass is 10.1. The smallest absolute Gasteiger partial charge is 0.207 e. The quantitative estimate of drug-likeness (QED) is 0.612. The van der Waals surface area contributed by atoms with Crippen molar-refractivity contribution in [1.29, 1.82) is 0 Å². The Labute approximate surface area is 102 Å². The maximum absolute atomic E-state index is 11.2. The third-order valence-electron chi connectivity index (χ3n) is 2.62. The van der Waals surface area contributed by atoms with E-state index in [4.69, 9.17) is 0 Å². The zero-order valence-corrected chi connectivity index (χ0v) is 11.4. The molecule has 0 aliphatic carbocycles. The number of fused-ring (bicyclic) bond motifs is 1. The Morgan fingerprint density at radius 2 is 2.20 bits per heavy atom. The molecule has 1 heterocycles. The molecule has 0 unspecified atom stereocenters. The van der Waals surface area contributed by atoms with Crippen LogP contribution in [0.3, 0.4) is 0 Å². The number of hydrogen-bond acceptors (Lipinski definition) is 3. The Hall–Kier alpha value is -0.300. The second-order valence-electron chi connectivity index (χ2n) is 3.82. The Kier molecular flexibility index (Phi) is 2.94. The summed E-state index contributed by atoms with van der Waals surface area (Å²) in [4.78, 5) is 2.17. The molecule has 82 valence electrons. The highest BCUT2D eigenvalue weighted by atomic mass is 127. The van der Waals surface area contributed by atoms with Crippen molar-refractivity contribution in [2.24, 2.45) is 0 Å². The molecule has 0 N–H and O–H groups in total. The van der Waals surface area contributed by atoms with E-state index in [9.17, 15) is 8.42 Å². The van der Waals surface area contributed by atoms with E-state index in [1.807, 2.05) is 25.2 Å². The molecule has 1 aromatic carbocycles. The van der Waals surface area contributed by atoms with Crippen molar-refractivity contribution in [3.05, 3.63) is 29.3 Å². The first-order valence-electron chi connectivity index (χ1n) is 4.71. The number of rotatable bonds is 2. The van der Waals surface area contributed by atoms with Gasteiger partial charge in [0.25, 0.3) is 0 Å². The first-order valence-corrected chi connectivity index (χ1v) is 8.90. The van der Waals surface area contributed by atoms with E-state index < -0.39 is 7.01 Å². The van der Waals surface area contributed by atoms with Crippen LogP contribution in [0.25, 0.3) is 0 Å². The van der Waals surface area contributed by atoms with E-state index in [2.05, 4.69) is 4.90 Å². The summed E-state index contributed by atoms with van der Waals surface area (Å²) in [5.74, 6) is 0.120. The molecule has 0 atom stereocenters. The van der Waals surface area contributed by atoms with E-state index in [0.717, 1.165) is 18.5 Å². The second kappa shape index (κ2) is 3.93. The van der Waals surface area contributed by atoms with E-state index in [1.54, 1.807) is 0 Å². The maximum Gasteiger partial charge on any atom is 0.207 e.